The van der Waals surface area contributed by atoms with Crippen molar-refractivity contribution in [2.75, 3.05) is 31.7 Å². The van der Waals surface area contributed by atoms with Gasteiger partial charge in [0.1, 0.15) is 11.6 Å². The van der Waals surface area contributed by atoms with Gasteiger partial charge in [-0.05, 0) is 61.7 Å². The SMILES string of the molecule is CCOc1ccc(NC(=O)NCC2(c3ccc(F)cc3)CCOCC2)cc1. The van der Waals surface area contributed by atoms with Gasteiger partial charge in [-0.1, -0.05) is 12.1 Å². The molecule has 1 aliphatic heterocycles. The number of benzene rings is 2. The van der Waals surface area contributed by atoms with E-state index in [-0.39, 0.29) is 17.3 Å². The first-order valence-electron chi connectivity index (χ1n) is 9.23. The van der Waals surface area contributed by atoms with Gasteiger partial charge in [0, 0.05) is 30.9 Å². The number of ether oxygens (including phenoxy) is 2. The average Bonchev–Trinajstić information content (AvgIpc) is 2.69. The molecule has 2 amide bonds. The first-order valence-corrected chi connectivity index (χ1v) is 9.23. The van der Waals surface area contributed by atoms with Crippen molar-refractivity contribution in [2.24, 2.45) is 0 Å². The third kappa shape index (κ3) is 4.98. The number of urea groups is 1. The number of carbonyl (C=O) groups excluding carboxylic acids is 1. The predicted molar refractivity (Wildman–Crippen MR) is 103 cm³/mol. The summed E-state index contributed by atoms with van der Waals surface area (Å²) in [4.78, 5) is 12.3. The summed E-state index contributed by atoms with van der Waals surface area (Å²) in [6.07, 6.45) is 1.56. The number of amides is 2. The second kappa shape index (κ2) is 8.86. The quantitative estimate of drug-likeness (QED) is 0.803. The fourth-order valence-electron chi connectivity index (χ4n) is 3.36. The molecule has 3 rings (SSSR count). The molecular formula is C21H25FN2O3. The van der Waals surface area contributed by atoms with Crippen molar-refractivity contribution in [3.8, 4) is 5.75 Å². The third-order valence-corrected chi connectivity index (χ3v) is 4.92. The summed E-state index contributed by atoms with van der Waals surface area (Å²) in [5.74, 6) is 0.503. The Morgan fingerprint density at radius 3 is 2.41 bits per heavy atom. The van der Waals surface area contributed by atoms with Crippen molar-refractivity contribution in [3.63, 3.8) is 0 Å². The molecule has 2 aromatic carbocycles. The smallest absolute Gasteiger partial charge is 0.319 e. The van der Waals surface area contributed by atoms with Gasteiger partial charge in [0.2, 0.25) is 0 Å². The minimum absolute atomic E-state index is 0.248. The molecule has 0 aromatic heterocycles. The monoisotopic (exact) mass is 372 g/mol. The molecule has 1 fully saturated rings. The van der Waals surface area contributed by atoms with Crippen molar-refractivity contribution >= 4 is 11.7 Å². The van der Waals surface area contributed by atoms with Crippen LogP contribution in [0.25, 0.3) is 0 Å². The van der Waals surface area contributed by atoms with E-state index >= 15 is 0 Å². The van der Waals surface area contributed by atoms with Crippen molar-refractivity contribution in [1.29, 1.82) is 0 Å². The van der Waals surface area contributed by atoms with Gasteiger partial charge in [0.15, 0.2) is 0 Å². The van der Waals surface area contributed by atoms with Gasteiger partial charge in [0.25, 0.3) is 0 Å². The zero-order valence-electron chi connectivity index (χ0n) is 15.5. The van der Waals surface area contributed by atoms with Crippen molar-refractivity contribution in [3.05, 3.63) is 59.9 Å². The van der Waals surface area contributed by atoms with Gasteiger partial charge in [-0.3, -0.25) is 0 Å². The van der Waals surface area contributed by atoms with Crippen LogP contribution in [0.15, 0.2) is 48.5 Å². The summed E-state index contributed by atoms with van der Waals surface area (Å²) in [7, 11) is 0. The van der Waals surface area contributed by atoms with E-state index < -0.39 is 0 Å². The second-order valence-electron chi connectivity index (χ2n) is 6.66. The van der Waals surface area contributed by atoms with Gasteiger partial charge < -0.3 is 20.1 Å². The number of halogens is 1. The molecule has 0 radical (unpaired) electrons. The molecule has 0 aliphatic carbocycles. The maximum absolute atomic E-state index is 13.3. The molecule has 0 saturated carbocycles. The van der Waals surface area contributed by atoms with E-state index in [1.54, 1.807) is 24.3 Å². The van der Waals surface area contributed by atoms with E-state index in [2.05, 4.69) is 10.6 Å². The minimum Gasteiger partial charge on any atom is -0.494 e. The minimum atomic E-state index is -0.271. The van der Waals surface area contributed by atoms with Gasteiger partial charge in [-0.15, -0.1) is 0 Å². The molecule has 2 N–H and O–H groups in total. The summed E-state index contributed by atoms with van der Waals surface area (Å²) in [5.41, 5.74) is 1.47. The Hall–Kier alpha value is -2.60. The highest BCUT2D eigenvalue weighted by atomic mass is 19.1. The normalized spacial score (nSPS) is 15.8. The fraction of sp³-hybridized carbons (Fsp3) is 0.381. The van der Waals surface area contributed by atoms with Gasteiger partial charge in [-0.25, -0.2) is 9.18 Å². The highest BCUT2D eigenvalue weighted by Gasteiger charge is 2.34. The van der Waals surface area contributed by atoms with Crippen LogP contribution in [0.3, 0.4) is 0 Å². The van der Waals surface area contributed by atoms with Crippen LogP contribution in [0.1, 0.15) is 25.3 Å². The lowest BCUT2D eigenvalue weighted by molar-refractivity contribution is 0.0508. The number of nitrogens with one attached hydrogen (secondary N) is 2. The molecule has 1 aliphatic rings. The maximum Gasteiger partial charge on any atom is 0.319 e. The Labute approximate surface area is 158 Å². The Bertz CT molecular complexity index is 741. The topological polar surface area (TPSA) is 59.6 Å². The Kier molecular flexibility index (Phi) is 6.29. The number of anilines is 1. The second-order valence-corrected chi connectivity index (χ2v) is 6.66. The first kappa shape index (κ1) is 19.2. The summed E-state index contributed by atoms with van der Waals surface area (Å²) >= 11 is 0. The number of carbonyl (C=O) groups is 1. The predicted octanol–water partition coefficient (Wildman–Crippen LogP) is 4.09. The lowest BCUT2D eigenvalue weighted by Gasteiger charge is -2.38. The Morgan fingerprint density at radius 1 is 1.11 bits per heavy atom. The van der Waals surface area contributed by atoms with Crippen molar-refractivity contribution in [2.45, 2.75) is 25.2 Å². The van der Waals surface area contributed by atoms with Crippen LogP contribution in [0.4, 0.5) is 14.9 Å². The van der Waals surface area contributed by atoms with E-state index in [4.69, 9.17) is 9.47 Å². The molecule has 144 valence electrons. The molecule has 6 heteroatoms. The van der Waals surface area contributed by atoms with E-state index in [1.165, 1.54) is 12.1 Å². The zero-order chi connectivity index (χ0) is 19.1. The first-order chi connectivity index (χ1) is 13.1. The molecule has 0 atom stereocenters. The standard InChI is InChI=1S/C21H25FN2O3/c1-2-27-19-9-7-18(8-10-19)24-20(25)23-15-21(11-13-26-14-12-21)16-3-5-17(22)6-4-16/h3-10H,2,11-15H2,1H3,(H2,23,24,25). The van der Waals surface area contributed by atoms with Gasteiger partial charge in [-0.2, -0.15) is 0 Å². The molecule has 1 saturated heterocycles. The van der Waals surface area contributed by atoms with Crippen LogP contribution in [0.2, 0.25) is 0 Å². The highest BCUT2D eigenvalue weighted by molar-refractivity contribution is 5.89. The number of hydrogen-bond acceptors (Lipinski definition) is 3. The molecule has 1 heterocycles. The number of rotatable bonds is 6. The van der Waals surface area contributed by atoms with Crippen LogP contribution >= 0.6 is 0 Å². The van der Waals surface area contributed by atoms with Gasteiger partial charge >= 0.3 is 6.03 Å². The van der Waals surface area contributed by atoms with E-state index in [0.29, 0.717) is 32.1 Å². The summed E-state index contributed by atoms with van der Waals surface area (Å²) in [6, 6.07) is 13.5. The van der Waals surface area contributed by atoms with Crippen molar-refractivity contribution in [1.82, 2.24) is 5.32 Å². The van der Waals surface area contributed by atoms with Crippen LogP contribution in [-0.2, 0) is 10.2 Å². The van der Waals surface area contributed by atoms with Crippen LogP contribution in [0, 0.1) is 5.82 Å². The number of hydrogen-bond donors (Lipinski definition) is 2. The lowest BCUT2D eigenvalue weighted by Crippen LogP contribution is -2.45. The molecule has 27 heavy (non-hydrogen) atoms. The molecule has 0 bridgehead atoms. The van der Waals surface area contributed by atoms with Crippen LogP contribution in [-0.4, -0.2) is 32.4 Å². The lowest BCUT2D eigenvalue weighted by atomic mass is 9.74. The summed E-state index contributed by atoms with van der Waals surface area (Å²) < 4.78 is 24.2. The summed E-state index contributed by atoms with van der Waals surface area (Å²) in [5, 5.41) is 5.80. The third-order valence-electron chi connectivity index (χ3n) is 4.92. The van der Waals surface area contributed by atoms with Gasteiger partial charge in [0.05, 0.1) is 6.61 Å². The zero-order valence-corrected chi connectivity index (χ0v) is 15.5. The molecule has 2 aromatic rings. The molecular weight excluding hydrogens is 347 g/mol. The highest BCUT2D eigenvalue weighted by Crippen LogP contribution is 2.34. The largest absolute Gasteiger partial charge is 0.494 e. The molecule has 5 nitrogen and oxygen atoms in total. The van der Waals surface area contributed by atoms with Crippen molar-refractivity contribution < 1.29 is 18.7 Å². The van der Waals surface area contributed by atoms with E-state index in [1.807, 2.05) is 19.1 Å². The average molecular weight is 372 g/mol. The van der Waals surface area contributed by atoms with Crippen LogP contribution in [0.5, 0.6) is 5.75 Å². The Morgan fingerprint density at radius 2 is 1.78 bits per heavy atom. The van der Waals surface area contributed by atoms with E-state index in [9.17, 15) is 9.18 Å². The van der Waals surface area contributed by atoms with Crippen LogP contribution < -0.4 is 15.4 Å². The molecule has 0 unspecified atom stereocenters. The fourth-order valence-corrected chi connectivity index (χ4v) is 3.36. The molecule has 0 spiro atoms. The van der Waals surface area contributed by atoms with E-state index in [0.717, 1.165) is 24.2 Å². The Balaban J connectivity index is 1.62. The maximum atomic E-state index is 13.3. The summed E-state index contributed by atoms with van der Waals surface area (Å²) in [6.45, 7) is 4.24.